The molecule has 1 spiro atoms. The maximum Gasteiger partial charge on any atom is 0.490 e. The lowest BCUT2D eigenvalue weighted by Gasteiger charge is -2.45. The van der Waals surface area contributed by atoms with E-state index in [4.69, 9.17) is 14.3 Å². The van der Waals surface area contributed by atoms with Crippen molar-refractivity contribution in [1.82, 2.24) is 14.8 Å². The van der Waals surface area contributed by atoms with Gasteiger partial charge >= 0.3 is 12.1 Å². The van der Waals surface area contributed by atoms with Crippen molar-refractivity contribution >= 4 is 17.8 Å². The second-order valence-corrected chi connectivity index (χ2v) is 7.67. The molecule has 0 aromatic carbocycles. The van der Waals surface area contributed by atoms with Crippen LogP contribution in [0.15, 0.2) is 47.5 Å². The summed E-state index contributed by atoms with van der Waals surface area (Å²) in [7, 11) is 0. The SMILES string of the molecule is O=C(O)C(F)(F)F.O=C(c1ccoc1)N1CCC2(CCC(=O)N2Cc2ccncc2)CC1. The van der Waals surface area contributed by atoms with Gasteiger partial charge in [-0.15, -0.1) is 0 Å². The van der Waals surface area contributed by atoms with E-state index in [9.17, 15) is 22.8 Å². The summed E-state index contributed by atoms with van der Waals surface area (Å²) in [5.74, 6) is -2.53. The summed E-state index contributed by atoms with van der Waals surface area (Å²) in [6.45, 7) is 1.96. The van der Waals surface area contributed by atoms with Gasteiger partial charge in [-0.3, -0.25) is 14.6 Å². The fourth-order valence-corrected chi connectivity index (χ4v) is 4.02. The van der Waals surface area contributed by atoms with Gasteiger partial charge in [0.25, 0.3) is 5.91 Å². The number of carboxylic acids is 1. The van der Waals surface area contributed by atoms with Crippen molar-refractivity contribution in [2.45, 2.75) is 43.9 Å². The number of amides is 2. The number of carbonyl (C=O) groups is 3. The number of hydrogen-bond donors (Lipinski definition) is 1. The molecule has 0 aliphatic carbocycles. The van der Waals surface area contributed by atoms with Gasteiger partial charge in [0.2, 0.25) is 5.91 Å². The number of carboxylic acid groups (broad SMARTS) is 1. The summed E-state index contributed by atoms with van der Waals surface area (Å²) in [5.41, 5.74) is 1.57. The van der Waals surface area contributed by atoms with Gasteiger partial charge in [-0.05, 0) is 43.0 Å². The maximum atomic E-state index is 12.5. The van der Waals surface area contributed by atoms with Crippen LogP contribution < -0.4 is 0 Å². The standard InChI is InChI=1S/C19H21N3O3.C2HF3O2/c23-17-1-5-19(22(17)13-15-2-8-20-9-3-15)6-10-21(11-7-19)18(24)16-4-12-25-14-16;3-2(4,5)1(6)7/h2-4,8-9,12,14H,1,5-7,10-11,13H2;(H,6,7). The molecule has 11 heteroatoms. The number of alkyl halides is 3. The molecule has 2 aromatic rings. The highest BCUT2D eigenvalue weighted by molar-refractivity contribution is 5.94. The molecular weight excluding hydrogens is 431 g/mol. The molecule has 0 atom stereocenters. The molecule has 4 heterocycles. The maximum absolute atomic E-state index is 12.5. The quantitative estimate of drug-likeness (QED) is 0.766. The van der Waals surface area contributed by atoms with Gasteiger partial charge in [-0.2, -0.15) is 13.2 Å². The largest absolute Gasteiger partial charge is 0.490 e. The number of aliphatic carboxylic acids is 1. The molecule has 2 saturated heterocycles. The third-order valence-corrected chi connectivity index (χ3v) is 5.76. The number of carbonyl (C=O) groups excluding carboxylic acids is 2. The monoisotopic (exact) mass is 453 g/mol. The first-order valence-electron chi connectivity index (χ1n) is 9.93. The fourth-order valence-electron chi connectivity index (χ4n) is 4.02. The number of furan rings is 1. The topological polar surface area (TPSA) is 104 Å². The highest BCUT2D eigenvalue weighted by Gasteiger charge is 2.47. The number of halogens is 3. The minimum absolute atomic E-state index is 0.00797. The van der Waals surface area contributed by atoms with E-state index in [1.165, 1.54) is 12.5 Å². The number of nitrogens with zero attached hydrogens (tertiary/aromatic N) is 3. The first kappa shape index (κ1) is 23.3. The van der Waals surface area contributed by atoms with Gasteiger partial charge in [0.1, 0.15) is 6.26 Å². The number of aromatic nitrogens is 1. The van der Waals surface area contributed by atoms with E-state index in [-0.39, 0.29) is 17.4 Å². The van der Waals surface area contributed by atoms with Crippen molar-refractivity contribution in [3.8, 4) is 0 Å². The molecule has 8 nitrogen and oxygen atoms in total. The van der Waals surface area contributed by atoms with Crippen molar-refractivity contribution in [2.75, 3.05) is 13.1 Å². The summed E-state index contributed by atoms with van der Waals surface area (Å²) in [4.78, 5) is 41.8. The van der Waals surface area contributed by atoms with Gasteiger partial charge in [-0.25, -0.2) is 4.79 Å². The highest BCUT2D eigenvalue weighted by Crippen LogP contribution is 2.40. The minimum Gasteiger partial charge on any atom is -0.475 e. The zero-order valence-corrected chi connectivity index (χ0v) is 17.0. The Morgan fingerprint density at radius 2 is 1.75 bits per heavy atom. The molecule has 0 unspecified atom stereocenters. The zero-order valence-electron chi connectivity index (χ0n) is 17.0. The molecule has 1 N–H and O–H groups in total. The molecule has 2 aliphatic rings. The number of piperidine rings is 1. The molecule has 172 valence electrons. The summed E-state index contributed by atoms with van der Waals surface area (Å²) < 4.78 is 36.7. The minimum atomic E-state index is -5.08. The lowest BCUT2D eigenvalue weighted by atomic mass is 9.84. The van der Waals surface area contributed by atoms with Gasteiger partial charge in [0, 0.05) is 44.0 Å². The van der Waals surface area contributed by atoms with Crippen LogP contribution in [0.2, 0.25) is 0 Å². The van der Waals surface area contributed by atoms with Crippen LogP contribution in [0.25, 0.3) is 0 Å². The zero-order chi connectivity index (χ0) is 23.4. The molecule has 2 aromatic heterocycles. The predicted molar refractivity (Wildman–Crippen MR) is 104 cm³/mol. The number of pyridine rings is 1. The molecule has 2 amide bonds. The second kappa shape index (κ2) is 9.41. The Morgan fingerprint density at radius 3 is 2.28 bits per heavy atom. The van der Waals surface area contributed by atoms with Crippen LogP contribution >= 0.6 is 0 Å². The van der Waals surface area contributed by atoms with E-state index < -0.39 is 12.1 Å². The van der Waals surface area contributed by atoms with Crippen molar-refractivity contribution in [3.63, 3.8) is 0 Å². The predicted octanol–water partition coefficient (Wildman–Crippen LogP) is 3.11. The number of rotatable bonds is 3. The van der Waals surface area contributed by atoms with E-state index >= 15 is 0 Å². The van der Waals surface area contributed by atoms with E-state index in [1.54, 1.807) is 18.5 Å². The Morgan fingerprint density at radius 1 is 1.12 bits per heavy atom. The summed E-state index contributed by atoms with van der Waals surface area (Å²) in [5, 5.41) is 7.12. The van der Waals surface area contributed by atoms with Gasteiger partial charge in [-0.1, -0.05) is 0 Å². The van der Waals surface area contributed by atoms with Gasteiger partial charge in [0.05, 0.1) is 11.8 Å². The Bertz CT molecular complexity index is 939. The molecular formula is C21H22F3N3O5. The van der Waals surface area contributed by atoms with Crippen LogP contribution in [-0.2, 0) is 16.1 Å². The van der Waals surface area contributed by atoms with E-state index in [2.05, 4.69) is 4.98 Å². The lowest BCUT2D eigenvalue weighted by Crippen LogP contribution is -2.53. The fraction of sp³-hybridized carbons (Fsp3) is 0.429. The molecule has 2 aliphatic heterocycles. The van der Waals surface area contributed by atoms with Gasteiger partial charge < -0.3 is 19.3 Å². The first-order valence-corrected chi connectivity index (χ1v) is 9.93. The number of likely N-dealkylation sites (tertiary alicyclic amines) is 2. The van der Waals surface area contributed by atoms with Crippen molar-refractivity contribution in [1.29, 1.82) is 0 Å². The molecule has 32 heavy (non-hydrogen) atoms. The summed E-state index contributed by atoms with van der Waals surface area (Å²) in [6, 6.07) is 5.61. The van der Waals surface area contributed by atoms with Crippen LogP contribution in [0.4, 0.5) is 13.2 Å². The summed E-state index contributed by atoms with van der Waals surface area (Å²) >= 11 is 0. The molecule has 0 radical (unpaired) electrons. The van der Waals surface area contributed by atoms with E-state index in [1.807, 2.05) is 21.9 Å². The molecule has 0 saturated carbocycles. The lowest BCUT2D eigenvalue weighted by molar-refractivity contribution is -0.192. The van der Waals surface area contributed by atoms with E-state index in [0.717, 1.165) is 24.8 Å². The van der Waals surface area contributed by atoms with Crippen LogP contribution in [0.5, 0.6) is 0 Å². The number of hydrogen-bond acceptors (Lipinski definition) is 5. The smallest absolute Gasteiger partial charge is 0.475 e. The Labute approximate surface area is 181 Å². The molecule has 4 rings (SSSR count). The Kier molecular flexibility index (Phi) is 6.85. The average Bonchev–Trinajstić information content (AvgIpc) is 3.40. The van der Waals surface area contributed by atoms with Crippen molar-refractivity contribution < 1.29 is 37.1 Å². The molecule has 0 bridgehead atoms. The Hall–Kier alpha value is -3.37. The third-order valence-electron chi connectivity index (χ3n) is 5.76. The van der Waals surface area contributed by atoms with Crippen LogP contribution in [0.3, 0.4) is 0 Å². The third kappa shape index (κ3) is 5.27. The van der Waals surface area contributed by atoms with Crippen LogP contribution in [0.1, 0.15) is 41.6 Å². The highest BCUT2D eigenvalue weighted by atomic mass is 19.4. The second-order valence-electron chi connectivity index (χ2n) is 7.67. The van der Waals surface area contributed by atoms with Crippen LogP contribution in [0, 0.1) is 0 Å². The summed E-state index contributed by atoms with van der Waals surface area (Å²) in [6.07, 6.45) is 4.57. The van der Waals surface area contributed by atoms with Gasteiger partial charge in [0.15, 0.2) is 0 Å². The van der Waals surface area contributed by atoms with Crippen LogP contribution in [-0.4, -0.2) is 62.5 Å². The normalized spacial score (nSPS) is 17.8. The Balaban J connectivity index is 0.000000360. The van der Waals surface area contributed by atoms with Crippen molar-refractivity contribution in [3.05, 3.63) is 54.2 Å². The average molecular weight is 453 g/mol. The van der Waals surface area contributed by atoms with E-state index in [0.29, 0.717) is 31.6 Å². The van der Waals surface area contributed by atoms with Crippen molar-refractivity contribution in [2.24, 2.45) is 0 Å². The first-order chi connectivity index (χ1) is 15.1. The molecule has 2 fully saturated rings.